The van der Waals surface area contributed by atoms with E-state index < -0.39 is 5.60 Å². The molecule has 0 saturated carbocycles. The SMILES string of the molecule is CC(C)CCCCC(=O)NCC(C)OC(C)(C)CNC(=O)C(C)C. The summed E-state index contributed by atoms with van der Waals surface area (Å²) in [6.45, 7) is 14.9. The number of hydrogen-bond donors (Lipinski definition) is 2. The summed E-state index contributed by atoms with van der Waals surface area (Å²) < 4.78 is 5.95. The Hall–Kier alpha value is -1.10. The van der Waals surface area contributed by atoms with E-state index in [0.29, 0.717) is 25.4 Å². The van der Waals surface area contributed by atoms with Crippen molar-refractivity contribution in [2.75, 3.05) is 13.1 Å². The van der Waals surface area contributed by atoms with E-state index in [4.69, 9.17) is 4.74 Å². The van der Waals surface area contributed by atoms with Gasteiger partial charge >= 0.3 is 0 Å². The van der Waals surface area contributed by atoms with E-state index in [1.807, 2.05) is 34.6 Å². The largest absolute Gasteiger partial charge is 0.369 e. The Morgan fingerprint density at radius 1 is 1.00 bits per heavy atom. The number of unbranched alkanes of at least 4 members (excludes halogenated alkanes) is 1. The van der Waals surface area contributed by atoms with Gasteiger partial charge in [-0.05, 0) is 33.1 Å². The maximum atomic E-state index is 11.8. The summed E-state index contributed by atoms with van der Waals surface area (Å²) in [4.78, 5) is 23.5. The van der Waals surface area contributed by atoms with Crippen LogP contribution in [0.15, 0.2) is 0 Å². The molecule has 1 atom stereocenters. The highest BCUT2D eigenvalue weighted by molar-refractivity contribution is 5.77. The van der Waals surface area contributed by atoms with Gasteiger partial charge in [-0.1, -0.05) is 40.5 Å². The molecular weight excluding hydrogens is 304 g/mol. The second kappa shape index (κ2) is 11.5. The zero-order valence-electron chi connectivity index (χ0n) is 16.7. The van der Waals surface area contributed by atoms with Crippen molar-refractivity contribution in [3.05, 3.63) is 0 Å². The Morgan fingerprint density at radius 2 is 1.62 bits per heavy atom. The second-order valence-electron chi connectivity index (χ2n) is 8.00. The lowest BCUT2D eigenvalue weighted by Gasteiger charge is -2.30. The van der Waals surface area contributed by atoms with Crippen molar-refractivity contribution in [2.24, 2.45) is 11.8 Å². The van der Waals surface area contributed by atoms with Crippen LogP contribution in [0.3, 0.4) is 0 Å². The summed E-state index contributed by atoms with van der Waals surface area (Å²) in [5, 5.41) is 5.81. The standard InChI is InChI=1S/C19H38N2O3/c1-14(2)10-8-9-11-17(22)20-12-16(5)24-19(6,7)13-21-18(23)15(3)4/h14-16H,8-13H2,1-7H3,(H,20,22)(H,21,23). The quantitative estimate of drug-likeness (QED) is 0.535. The topological polar surface area (TPSA) is 67.4 Å². The Morgan fingerprint density at radius 3 is 2.17 bits per heavy atom. The number of carbonyl (C=O) groups excluding carboxylic acids is 2. The molecule has 0 rings (SSSR count). The average Bonchev–Trinajstić information content (AvgIpc) is 2.46. The van der Waals surface area contributed by atoms with Crippen molar-refractivity contribution in [3.8, 4) is 0 Å². The van der Waals surface area contributed by atoms with Crippen LogP contribution in [-0.4, -0.2) is 36.6 Å². The van der Waals surface area contributed by atoms with Crippen molar-refractivity contribution in [1.29, 1.82) is 0 Å². The molecule has 24 heavy (non-hydrogen) atoms. The third kappa shape index (κ3) is 12.3. The summed E-state index contributed by atoms with van der Waals surface area (Å²) in [5.41, 5.74) is -0.466. The Kier molecular flexibility index (Phi) is 10.9. The van der Waals surface area contributed by atoms with Crippen molar-refractivity contribution in [1.82, 2.24) is 10.6 Å². The van der Waals surface area contributed by atoms with Crippen LogP contribution in [0.25, 0.3) is 0 Å². The lowest BCUT2D eigenvalue weighted by atomic mass is 10.1. The summed E-state index contributed by atoms with van der Waals surface area (Å²) >= 11 is 0. The van der Waals surface area contributed by atoms with Crippen molar-refractivity contribution in [2.45, 2.75) is 85.9 Å². The van der Waals surface area contributed by atoms with Gasteiger partial charge in [-0.25, -0.2) is 0 Å². The molecule has 0 heterocycles. The van der Waals surface area contributed by atoms with Gasteiger partial charge in [0, 0.05) is 25.4 Å². The number of rotatable bonds is 12. The number of hydrogen-bond acceptors (Lipinski definition) is 3. The van der Waals surface area contributed by atoms with Gasteiger partial charge in [0.15, 0.2) is 0 Å². The van der Waals surface area contributed by atoms with Gasteiger partial charge in [-0.2, -0.15) is 0 Å². The first-order chi connectivity index (χ1) is 11.0. The third-order valence-electron chi connectivity index (χ3n) is 3.75. The zero-order chi connectivity index (χ0) is 18.8. The predicted molar refractivity (Wildman–Crippen MR) is 98.8 cm³/mol. The summed E-state index contributed by atoms with van der Waals surface area (Å²) in [7, 11) is 0. The van der Waals surface area contributed by atoms with Crippen LogP contribution in [0.4, 0.5) is 0 Å². The number of amides is 2. The highest BCUT2D eigenvalue weighted by atomic mass is 16.5. The van der Waals surface area contributed by atoms with E-state index in [1.54, 1.807) is 0 Å². The maximum absolute atomic E-state index is 11.8. The van der Waals surface area contributed by atoms with E-state index in [1.165, 1.54) is 6.42 Å². The molecule has 0 radical (unpaired) electrons. The Labute approximate surface area is 148 Å². The Bertz CT molecular complexity index is 379. The molecule has 0 aromatic carbocycles. The monoisotopic (exact) mass is 342 g/mol. The van der Waals surface area contributed by atoms with Gasteiger partial charge < -0.3 is 15.4 Å². The van der Waals surface area contributed by atoms with E-state index in [9.17, 15) is 9.59 Å². The lowest BCUT2D eigenvalue weighted by Crippen LogP contribution is -2.45. The smallest absolute Gasteiger partial charge is 0.222 e. The Balaban J connectivity index is 3.95. The molecule has 0 fully saturated rings. The number of ether oxygens (including phenoxy) is 1. The van der Waals surface area contributed by atoms with E-state index in [-0.39, 0.29) is 23.8 Å². The molecule has 1 unspecified atom stereocenters. The minimum absolute atomic E-state index is 0.0222. The third-order valence-corrected chi connectivity index (χ3v) is 3.75. The molecule has 2 amide bonds. The van der Waals surface area contributed by atoms with E-state index in [2.05, 4.69) is 24.5 Å². The van der Waals surface area contributed by atoms with Gasteiger partial charge in [0.05, 0.1) is 11.7 Å². The fraction of sp³-hybridized carbons (Fsp3) is 0.895. The molecule has 2 N–H and O–H groups in total. The fourth-order valence-corrected chi connectivity index (χ4v) is 2.32. The normalized spacial score (nSPS) is 13.2. The molecule has 0 aromatic heterocycles. The molecule has 0 bridgehead atoms. The van der Waals surface area contributed by atoms with E-state index in [0.717, 1.165) is 12.8 Å². The van der Waals surface area contributed by atoms with Crippen LogP contribution < -0.4 is 10.6 Å². The highest BCUT2D eigenvalue weighted by Crippen LogP contribution is 2.12. The summed E-state index contributed by atoms with van der Waals surface area (Å²) in [6, 6.07) is 0. The van der Waals surface area contributed by atoms with Crippen LogP contribution in [0.5, 0.6) is 0 Å². The van der Waals surface area contributed by atoms with Crippen LogP contribution in [0.1, 0.15) is 74.1 Å². The first-order valence-corrected chi connectivity index (χ1v) is 9.25. The first kappa shape index (κ1) is 22.9. The lowest BCUT2D eigenvalue weighted by molar-refractivity contribution is -0.126. The minimum atomic E-state index is -0.466. The molecule has 0 aliphatic heterocycles. The molecule has 0 aromatic rings. The first-order valence-electron chi connectivity index (χ1n) is 9.25. The van der Waals surface area contributed by atoms with E-state index >= 15 is 0 Å². The van der Waals surface area contributed by atoms with Gasteiger partial charge in [-0.15, -0.1) is 0 Å². The van der Waals surface area contributed by atoms with Crippen LogP contribution in [0, 0.1) is 11.8 Å². The summed E-state index contributed by atoms with van der Waals surface area (Å²) in [5.74, 6) is 0.766. The molecule has 5 nitrogen and oxygen atoms in total. The second-order valence-corrected chi connectivity index (χ2v) is 8.00. The molecule has 0 aliphatic carbocycles. The molecule has 0 saturated heterocycles. The van der Waals surface area contributed by atoms with Gasteiger partial charge in [-0.3, -0.25) is 9.59 Å². The molecule has 5 heteroatoms. The van der Waals surface area contributed by atoms with Crippen LogP contribution in [-0.2, 0) is 14.3 Å². The molecule has 0 spiro atoms. The van der Waals surface area contributed by atoms with Crippen LogP contribution in [0.2, 0.25) is 0 Å². The zero-order valence-corrected chi connectivity index (χ0v) is 16.7. The molecular formula is C19H38N2O3. The summed E-state index contributed by atoms with van der Waals surface area (Å²) in [6.07, 6.45) is 3.68. The van der Waals surface area contributed by atoms with Gasteiger partial charge in [0.1, 0.15) is 0 Å². The van der Waals surface area contributed by atoms with Gasteiger partial charge in [0.25, 0.3) is 0 Å². The van der Waals surface area contributed by atoms with Crippen molar-refractivity contribution < 1.29 is 14.3 Å². The maximum Gasteiger partial charge on any atom is 0.222 e. The molecule has 142 valence electrons. The van der Waals surface area contributed by atoms with Crippen LogP contribution >= 0.6 is 0 Å². The van der Waals surface area contributed by atoms with Crippen molar-refractivity contribution in [3.63, 3.8) is 0 Å². The number of carbonyl (C=O) groups is 2. The fourth-order valence-electron chi connectivity index (χ4n) is 2.32. The number of nitrogens with one attached hydrogen (secondary N) is 2. The van der Waals surface area contributed by atoms with Crippen molar-refractivity contribution >= 4 is 11.8 Å². The van der Waals surface area contributed by atoms with Gasteiger partial charge in [0.2, 0.25) is 11.8 Å². The predicted octanol–water partition coefficient (Wildman–Crippen LogP) is 3.27. The minimum Gasteiger partial charge on any atom is -0.369 e. The highest BCUT2D eigenvalue weighted by Gasteiger charge is 2.23. The average molecular weight is 343 g/mol. The molecule has 0 aliphatic rings.